The number of rotatable bonds is 5. The zero-order valence-electron chi connectivity index (χ0n) is 16.1. The molecular formula is C22H19N5OS. The molecule has 2 aromatic heterocycles. The predicted molar refractivity (Wildman–Crippen MR) is 118 cm³/mol. The van der Waals surface area contributed by atoms with Gasteiger partial charge in [-0.25, -0.2) is 4.98 Å². The van der Waals surface area contributed by atoms with Crippen LogP contribution in [0.2, 0.25) is 0 Å². The van der Waals surface area contributed by atoms with E-state index in [2.05, 4.69) is 35.4 Å². The summed E-state index contributed by atoms with van der Waals surface area (Å²) >= 11 is 1.68. The molecule has 0 unspecified atom stereocenters. The number of nitriles is 1. The zero-order valence-corrected chi connectivity index (χ0v) is 16.9. The van der Waals surface area contributed by atoms with Crippen LogP contribution in [0.4, 0.5) is 17.2 Å². The summed E-state index contributed by atoms with van der Waals surface area (Å²) < 4.78 is 6.62. The van der Waals surface area contributed by atoms with E-state index in [1.165, 1.54) is 10.3 Å². The maximum Gasteiger partial charge on any atom is 0.235 e. The van der Waals surface area contributed by atoms with Crippen molar-refractivity contribution in [2.75, 3.05) is 17.7 Å². The number of pyridine rings is 1. The van der Waals surface area contributed by atoms with Crippen LogP contribution >= 0.6 is 11.3 Å². The Morgan fingerprint density at radius 3 is 2.66 bits per heavy atom. The number of nitrogen functional groups attached to an aromatic ring is 1. The fourth-order valence-corrected chi connectivity index (χ4v) is 4.03. The molecule has 3 N–H and O–H groups in total. The monoisotopic (exact) mass is 401 g/mol. The third-order valence-corrected chi connectivity index (χ3v) is 5.43. The highest BCUT2D eigenvalue weighted by molar-refractivity contribution is 7.21. The maximum absolute atomic E-state index is 9.24. The molecule has 4 aromatic rings. The number of fused-ring (bicyclic) bond motifs is 1. The first-order valence-electron chi connectivity index (χ1n) is 9.15. The van der Waals surface area contributed by atoms with Gasteiger partial charge in [-0.2, -0.15) is 10.2 Å². The molecule has 0 fully saturated rings. The molecule has 2 heterocycles. The summed E-state index contributed by atoms with van der Waals surface area (Å²) in [4.78, 5) is 9.08. The number of ether oxygens (including phenoxy) is 1. The van der Waals surface area contributed by atoms with Gasteiger partial charge in [0, 0.05) is 17.3 Å². The Bertz CT molecular complexity index is 1220. The van der Waals surface area contributed by atoms with Crippen LogP contribution in [0.5, 0.6) is 5.88 Å². The van der Waals surface area contributed by atoms with Gasteiger partial charge in [-0.3, -0.25) is 0 Å². The third-order valence-electron chi connectivity index (χ3n) is 4.36. The lowest BCUT2D eigenvalue weighted by molar-refractivity contribution is 0.326. The smallest absolute Gasteiger partial charge is 0.235 e. The summed E-state index contributed by atoms with van der Waals surface area (Å²) in [7, 11) is 0. The third kappa shape index (κ3) is 3.84. The summed E-state index contributed by atoms with van der Waals surface area (Å²) in [6.07, 6.45) is 0. The number of aryl methyl sites for hydroxylation is 1. The van der Waals surface area contributed by atoms with Crippen LogP contribution < -0.4 is 15.8 Å². The van der Waals surface area contributed by atoms with E-state index in [0.29, 0.717) is 18.1 Å². The van der Waals surface area contributed by atoms with Crippen molar-refractivity contribution in [2.45, 2.75) is 13.8 Å². The van der Waals surface area contributed by atoms with E-state index < -0.39 is 0 Å². The summed E-state index contributed by atoms with van der Waals surface area (Å²) in [6, 6.07) is 17.9. The molecule has 7 heteroatoms. The van der Waals surface area contributed by atoms with Crippen molar-refractivity contribution in [2.24, 2.45) is 0 Å². The lowest BCUT2D eigenvalue weighted by atomic mass is 10.2. The van der Waals surface area contributed by atoms with Crippen molar-refractivity contribution in [3.05, 3.63) is 59.7 Å². The molecule has 0 atom stereocenters. The molecule has 0 aliphatic carbocycles. The van der Waals surface area contributed by atoms with Gasteiger partial charge in [0.15, 0.2) is 0 Å². The van der Waals surface area contributed by atoms with Gasteiger partial charge >= 0.3 is 0 Å². The van der Waals surface area contributed by atoms with Crippen molar-refractivity contribution in [1.82, 2.24) is 9.97 Å². The van der Waals surface area contributed by atoms with Crippen LogP contribution in [0, 0.1) is 18.3 Å². The van der Waals surface area contributed by atoms with E-state index in [-0.39, 0.29) is 11.4 Å². The van der Waals surface area contributed by atoms with Gasteiger partial charge in [-0.05, 0) is 55.8 Å². The van der Waals surface area contributed by atoms with Crippen LogP contribution in [0.25, 0.3) is 20.8 Å². The van der Waals surface area contributed by atoms with Gasteiger partial charge in [0.1, 0.15) is 22.5 Å². The second-order valence-corrected chi connectivity index (χ2v) is 7.54. The van der Waals surface area contributed by atoms with Crippen molar-refractivity contribution >= 4 is 38.7 Å². The Balaban J connectivity index is 1.59. The van der Waals surface area contributed by atoms with Crippen LogP contribution in [-0.4, -0.2) is 16.6 Å². The van der Waals surface area contributed by atoms with Gasteiger partial charge in [-0.15, -0.1) is 11.3 Å². The van der Waals surface area contributed by atoms with E-state index in [4.69, 9.17) is 15.5 Å². The van der Waals surface area contributed by atoms with E-state index in [1.807, 2.05) is 37.3 Å². The fourth-order valence-electron chi connectivity index (χ4n) is 2.96. The fraction of sp³-hybridized carbons (Fsp3) is 0.136. The average molecular weight is 401 g/mol. The molecule has 0 bridgehead atoms. The van der Waals surface area contributed by atoms with Crippen LogP contribution in [-0.2, 0) is 0 Å². The Hall–Kier alpha value is -3.63. The number of hydrogen-bond donors (Lipinski definition) is 2. The molecule has 0 saturated heterocycles. The van der Waals surface area contributed by atoms with Crippen molar-refractivity contribution in [3.63, 3.8) is 0 Å². The van der Waals surface area contributed by atoms with E-state index >= 15 is 0 Å². The first kappa shape index (κ1) is 18.7. The highest BCUT2D eigenvalue weighted by Crippen LogP contribution is 2.32. The Morgan fingerprint density at radius 1 is 1.14 bits per heavy atom. The summed E-state index contributed by atoms with van der Waals surface area (Å²) in [5, 5.41) is 13.4. The molecule has 0 saturated carbocycles. The first-order valence-corrected chi connectivity index (χ1v) is 9.97. The Morgan fingerprint density at radius 2 is 1.93 bits per heavy atom. The van der Waals surface area contributed by atoms with Gasteiger partial charge < -0.3 is 15.8 Å². The molecule has 2 aromatic carbocycles. The molecule has 144 valence electrons. The number of thiazole rings is 1. The first-order chi connectivity index (χ1) is 14.1. The number of hydrogen-bond acceptors (Lipinski definition) is 7. The van der Waals surface area contributed by atoms with Crippen molar-refractivity contribution in [1.29, 1.82) is 5.26 Å². The second kappa shape index (κ2) is 7.78. The minimum Gasteiger partial charge on any atom is -0.477 e. The lowest BCUT2D eigenvalue weighted by Crippen LogP contribution is -2.04. The van der Waals surface area contributed by atoms with Crippen LogP contribution in [0.1, 0.15) is 18.1 Å². The van der Waals surface area contributed by atoms with Crippen molar-refractivity contribution in [3.8, 4) is 22.5 Å². The minimum absolute atomic E-state index is 0.235. The zero-order chi connectivity index (χ0) is 20.4. The lowest BCUT2D eigenvalue weighted by Gasteiger charge is -2.11. The molecule has 4 rings (SSSR count). The number of benzene rings is 2. The van der Waals surface area contributed by atoms with Crippen molar-refractivity contribution < 1.29 is 4.74 Å². The standard InChI is InChI=1S/C22H19N5OS/c1-3-28-21-16(12-23)17(24)11-20(27-21)25-15-7-5-14(6-8-15)22-26-18-9-4-13(2)10-19(18)29-22/h4-11H,3H2,1-2H3,(H3,24,25,27). The maximum atomic E-state index is 9.24. The largest absolute Gasteiger partial charge is 0.477 e. The minimum atomic E-state index is 0.235. The quantitative estimate of drug-likeness (QED) is 0.473. The van der Waals surface area contributed by atoms with Gasteiger partial charge in [-0.1, -0.05) is 6.07 Å². The van der Waals surface area contributed by atoms with Gasteiger partial charge in [0.05, 0.1) is 22.5 Å². The molecule has 0 spiro atoms. The summed E-state index contributed by atoms with van der Waals surface area (Å²) in [5.41, 5.74) is 10.7. The highest BCUT2D eigenvalue weighted by Gasteiger charge is 2.12. The molecule has 0 aliphatic heterocycles. The molecule has 0 radical (unpaired) electrons. The summed E-state index contributed by atoms with van der Waals surface area (Å²) in [6.45, 7) is 4.32. The number of anilines is 3. The summed E-state index contributed by atoms with van der Waals surface area (Å²) in [5.74, 6) is 0.757. The van der Waals surface area contributed by atoms with Crippen LogP contribution in [0.15, 0.2) is 48.5 Å². The second-order valence-electron chi connectivity index (χ2n) is 6.51. The molecule has 0 amide bonds. The van der Waals surface area contributed by atoms with E-state index in [1.54, 1.807) is 17.4 Å². The molecule has 6 nitrogen and oxygen atoms in total. The van der Waals surface area contributed by atoms with E-state index in [9.17, 15) is 5.26 Å². The number of nitrogens with one attached hydrogen (secondary N) is 1. The molecule has 0 aliphatic rings. The average Bonchev–Trinajstić information content (AvgIpc) is 3.12. The molecule has 29 heavy (non-hydrogen) atoms. The Labute approximate surface area is 172 Å². The van der Waals surface area contributed by atoms with Gasteiger partial charge in [0.2, 0.25) is 5.88 Å². The predicted octanol–water partition coefficient (Wildman–Crippen LogP) is 5.26. The topological polar surface area (TPSA) is 96.8 Å². The molecular weight excluding hydrogens is 382 g/mol. The number of nitrogens with two attached hydrogens (primary N) is 1. The SMILES string of the molecule is CCOc1nc(Nc2ccc(-c3nc4ccc(C)cc4s3)cc2)cc(N)c1C#N. The number of nitrogens with zero attached hydrogens (tertiary/aromatic N) is 3. The van der Waals surface area contributed by atoms with Gasteiger partial charge in [0.25, 0.3) is 0 Å². The normalized spacial score (nSPS) is 10.7. The van der Waals surface area contributed by atoms with E-state index in [0.717, 1.165) is 21.8 Å². The Kier molecular flexibility index (Phi) is 5.02. The number of aromatic nitrogens is 2. The van der Waals surface area contributed by atoms with Crippen LogP contribution in [0.3, 0.4) is 0 Å². The highest BCUT2D eigenvalue weighted by atomic mass is 32.1.